The van der Waals surface area contributed by atoms with Gasteiger partial charge in [-0.15, -0.1) is 39.7 Å². The number of rotatable bonds is 0. The maximum absolute atomic E-state index is 2.26. The van der Waals surface area contributed by atoms with E-state index < -0.39 is 0 Å². The third kappa shape index (κ3) is 1.51. The number of aryl methyl sites for hydroxylation is 1. The van der Waals surface area contributed by atoms with Gasteiger partial charge in [-0.2, -0.15) is 0 Å². The van der Waals surface area contributed by atoms with E-state index in [9.17, 15) is 0 Å². The van der Waals surface area contributed by atoms with Crippen molar-refractivity contribution in [1.82, 2.24) is 0 Å². The molecule has 0 aliphatic heterocycles. The zero-order valence-electron chi connectivity index (χ0n) is 9.12. The molecule has 0 aliphatic rings. The third-order valence-electron chi connectivity index (χ3n) is 2.85. The Morgan fingerprint density at radius 1 is 0.867 bits per heavy atom. The van der Waals surface area contributed by atoms with Crippen molar-refractivity contribution in [2.75, 3.05) is 0 Å². The van der Waals surface area contributed by atoms with Gasteiger partial charge in [-0.1, -0.05) is 35.9 Å². The SMILES string of the molecule is Cc1cccc2[cH-]c3ccccc3c12.[Li+]. The van der Waals surface area contributed by atoms with Gasteiger partial charge in [-0.05, 0) is 6.92 Å². The Bertz CT molecular complexity index is 605. The Balaban J connectivity index is 0.000000853. The number of hydrogen-bond donors (Lipinski definition) is 0. The fraction of sp³-hybridized carbons (Fsp3) is 0.0714. The van der Waals surface area contributed by atoms with Crippen LogP contribution < -0.4 is 18.9 Å². The van der Waals surface area contributed by atoms with Crippen molar-refractivity contribution < 1.29 is 18.9 Å². The zero-order valence-corrected chi connectivity index (χ0v) is 9.12. The summed E-state index contributed by atoms with van der Waals surface area (Å²) in [4.78, 5) is 0. The minimum Gasteiger partial charge on any atom is -0.126 e. The first-order valence-corrected chi connectivity index (χ1v) is 4.90. The summed E-state index contributed by atoms with van der Waals surface area (Å²) in [6.45, 7) is 2.18. The van der Waals surface area contributed by atoms with Crippen LogP contribution >= 0.6 is 0 Å². The number of fused-ring (bicyclic) bond motifs is 3. The van der Waals surface area contributed by atoms with Gasteiger partial charge in [0.05, 0.1) is 0 Å². The molecule has 0 saturated carbocycles. The molecule has 3 aromatic carbocycles. The first kappa shape index (κ1) is 10.4. The largest absolute Gasteiger partial charge is 1.00 e. The first-order valence-electron chi connectivity index (χ1n) is 4.90. The second-order valence-electron chi connectivity index (χ2n) is 3.77. The molecular formula is C14H11Li. The summed E-state index contributed by atoms with van der Waals surface area (Å²) in [5, 5.41) is 5.48. The van der Waals surface area contributed by atoms with Crippen LogP contribution in [0.5, 0.6) is 0 Å². The predicted octanol–water partition coefficient (Wildman–Crippen LogP) is 1.02. The molecule has 0 aromatic heterocycles. The fourth-order valence-electron chi connectivity index (χ4n) is 2.20. The van der Waals surface area contributed by atoms with E-state index in [-0.39, 0.29) is 18.9 Å². The number of benzene rings is 2. The Morgan fingerprint density at radius 3 is 2.47 bits per heavy atom. The molecule has 15 heavy (non-hydrogen) atoms. The quantitative estimate of drug-likeness (QED) is 0.363. The summed E-state index contributed by atoms with van der Waals surface area (Å²) < 4.78 is 0. The average Bonchev–Trinajstić information content (AvgIpc) is 2.57. The molecule has 0 aliphatic carbocycles. The van der Waals surface area contributed by atoms with E-state index in [0.717, 1.165) is 0 Å². The Morgan fingerprint density at radius 2 is 1.60 bits per heavy atom. The van der Waals surface area contributed by atoms with Crippen molar-refractivity contribution in [1.29, 1.82) is 0 Å². The van der Waals surface area contributed by atoms with E-state index in [1.807, 2.05) is 0 Å². The third-order valence-corrected chi connectivity index (χ3v) is 2.85. The number of hydrogen-bond acceptors (Lipinski definition) is 0. The van der Waals surface area contributed by atoms with E-state index in [4.69, 9.17) is 0 Å². The molecule has 0 saturated heterocycles. The van der Waals surface area contributed by atoms with Gasteiger partial charge < -0.3 is 0 Å². The second-order valence-corrected chi connectivity index (χ2v) is 3.77. The molecule has 1 heteroatoms. The van der Waals surface area contributed by atoms with E-state index in [1.165, 1.54) is 27.1 Å². The molecule has 0 spiro atoms. The van der Waals surface area contributed by atoms with Crippen molar-refractivity contribution in [2.24, 2.45) is 0 Å². The molecule has 0 bridgehead atoms. The van der Waals surface area contributed by atoms with Crippen LogP contribution in [0.4, 0.5) is 0 Å². The molecule has 0 fully saturated rings. The summed E-state index contributed by atoms with van der Waals surface area (Å²) in [6.07, 6.45) is 0. The van der Waals surface area contributed by atoms with Crippen LogP contribution in [-0.2, 0) is 0 Å². The van der Waals surface area contributed by atoms with Crippen LogP contribution in [-0.4, -0.2) is 0 Å². The summed E-state index contributed by atoms with van der Waals surface area (Å²) in [6, 6.07) is 17.3. The van der Waals surface area contributed by atoms with E-state index in [0.29, 0.717) is 0 Å². The Hall–Kier alpha value is -1.09. The molecule has 0 amide bonds. The van der Waals surface area contributed by atoms with Gasteiger partial charge in [0.2, 0.25) is 0 Å². The monoisotopic (exact) mass is 186 g/mol. The normalized spacial score (nSPS) is 10.5. The minimum atomic E-state index is 0. The van der Waals surface area contributed by atoms with Crippen LogP contribution in [0.2, 0.25) is 0 Å². The predicted molar refractivity (Wildman–Crippen MR) is 61.8 cm³/mol. The van der Waals surface area contributed by atoms with Crippen LogP contribution in [0.3, 0.4) is 0 Å². The maximum atomic E-state index is 2.26. The minimum absolute atomic E-state index is 0. The van der Waals surface area contributed by atoms with E-state index in [2.05, 4.69) is 55.5 Å². The molecule has 68 valence electrons. The summed E-state index contributed by atoms with van der Waals surface area (Å²) >= 11 is 0. The molecule has 0 atom stereocenters. The molecule has 0 N–H and O–H groups in total. The summed E-state index contributed by atoms with van der Waals surface area (Å²) in [5.74, 6) is 0. The fourth-order valence-corrected chi connectivity index (χ4v) is 2.20. The van der Waals surface area contributed by atoms with Gasteiger partial charge in [0, 0.05) is 0 Å². The van der Waals surface area contributed by atoms with Crippen molar-refractivity contribution in [3.63, 3.8) is 0 Å². The van der Waals surface area contributed by atoms with Crippen LogP contribution in [0.25, 0.3) is 21.5 Å². The smallest absolute Gasteiger partial charge is 0.126 e. The molecule has 3 aromatic rings. The van der Waals surface area contributed by atoms with Crippen LogP contribution in [0.15, 0.2) is 48.5 Å². The van der Waals surface area contributed by atoms with E-state index in [1.54, 1.807) is 0 Å². The van der Waals surface area contributed by atoms with Gasteiger partial charge in [-0.25, -0.2) is 0 Å². The second kappa shape index (κ2) is 3.81. The standard InChI is InChI=1S/C14H11.Li/c1-10-5-4-7-12-9-11-6-2-3-8-13(11)14(10)12;/h2-9H,1H3;/q-1;+1. The van der Waals surface area contributed by atoms with Crippen molar-refractivity contribution in [3.05, 3.63) is 54.1 Å². The topological polar surface area (TPSA) is 0 Å². The zero-order chi connectivity index (χ0) is 9.54. The van der Waals surface area contributed by atoms with Gasteiger partial charge in [0.1, 0.15) is 0 Å². The van der Waals surface area contributed by atoms with Crippen LogP contribution in [0, 0.1) is 6.92 Å². The maximum Gasteiger partial charge on any atom is 1.00 e. The van der Waals surface area contributed by atoms with Crippen molar-refractivity contribution in [2.45, 2.75) is 6.92 Å². The molecule has 0 unspecified atom stereocenters. The van der Waals surface area contributed by atoms with Gasteiger partial charge in [0.15, 0.2) is 0 Å². The van der Waals surface area contributed by atoms with Gasteiger partial charge in [0.25, 0.3) is 0 Å². The molecule has 3 rings (SSSR count). The molecule has 0 heterocycles. The van der Waals surface area contributed by atoms with Gasteiger partial charge >= 0.3 is 18.9 Å². The van der Waals surface area contributed by atoms with Crippen LogP contribution in [0.1, 0.15) is 5.56 Å². The first-order chi connectivity index (χ1) is 6.86. The van der Waals surface area contributed by atoms with Gasteiger partial charge in [-0.3, -0.25) is 0 Å². The van der Waals surface area contributed by atoms with Crippen molar-refractivity contribution >= 4 is 21.5 Å². The summed E-state index contributed by atoms with van der Waals surface area (Å²) in [7, 11) is 0. The van der Waals surface area contributed by atoms with E-state index >= 15 is 0 Å². The molecule has 0 nitrogen and oxygen atoms in total. The Kier molecular flexibility index (Phi) is 2.65. The summed E-state index contributed by atoms with van der Waals surface area (Å²) in [5.41, 5.74) is 1.36. The van der Waals surface area contributed by atoms with Crippen molar-refractivity contribution in [3.8, 4) is 0 Å². The Labute approximate surface area is 101 Å². The molecule has 0 radical (unpaired) electrons. The molecular weight excluding hydrogens is 175 g/mol. The average molecular weight is 186 g/mol.